The number of pyridine rings is 1. The second-order valence-corrected chi connectivity index (χ2v) is 8.21. The molecule has 0 amide bonds. The van der Waals surface area contributed by atoms with Gasteiger partial charge >= 0.3 is 5.97 Å². The number of carbonyl (C=O) groups is 1. The molecule has 2 fully saturated rings. The Kier molecular flexibility index (Phi) is 8.29. The molecule has 2 aliphatic heterocycles. The third-order valence-electron chi connectivity index (χ3n) is 5.92. The van der Waals surface area contributed by atoms with Crippen molar-refractivity contribution < 1.29 is 24.1 Å². The Morgan fingerprint density at radius 2 is 1.82 bits per heavy atom. The number of ether oxygens (including phenoxy) is 3. The topological polar surface area (TPSA) is 123 Å². The van der Waals surface area contributed by atoms with Gasteiger partial charge in [0.15, 0.2) is 0 Å². The van der Waals surface area contributed by atoms with Gasteiger partial charge in [0.05, 0.1) is 43.4 Å². The summed E-state index contributed by atoms with van der Waals surface area (Å²) in [7, 11) is 0. The first-order chi connectivity index (χ1) is 16.6. The number of carboxylic acid groups (broad SMARTS) is 1. The lowest BCUT2D eigenvalue weighted by atomic mass is 10.0. The number of rotatable bonds is 9. The molecule has 1 aromatic heterocycles. The van der Waals surface area contributed by atoms with Crippen molar-refractivity contribution >= 4 is 17.4 Å². The van der Waals surface area contributed by atoms with Crippen LogP contribution in [0.2, 0.25) is 0 Å². The fourth-order valence-electron chi connectivity index (χ4n) is 4.03. The minimum atomic E-state index is -0.975. The number of benzene rings is 1. The summed E-state index contributed by atoms with van der Waals surface area (Å²) < 4.78 is 17.0. The molecule has 0 saturated carbocycles. The van der Waals surface area contributed by atoms with Gasteiger partial charge in [-0.15, -0.1) is 0 Å². The lowest BCUT2D eigenvalue weighted by Crippen LogP contribution is -2.38. The van der Waals surface area contributed by atoms with E-state index < -0.39 is 5.97 Å². The Balaban J connectivity index is 1.54. The van der Waals surface area contributed by atoms with Crippen LogP contribution in [0.4, 0.5) is 5.69 Å². The highest BCUT2D eigenvalue weighted by Gasteiger charge is 2.18. The first-order valence-corrected chi connectivity index (χ1v) is 11.5. The number of aromatic nitrogens is 1. The van der Waals surface area contributed by atoms with Crippen LogP contribution in [-0.4, -0.2) is 92.4 Å². The van der Waals surface area contributed by atoms with Gasteiger partial charge in [0.2, 0.25) is 5.88 Å². The Bertz CT molecular complexity index is 1000. The van der Waals surface area contributed by atoms with Gasteiger partial charge in [-0.25, -0.2) is 9.78 Å². The molecular weight excluding hydrogens is 438 g/mol. The number of carboxylic acids is 1. The van der Waals surface area contributed by atoms with Crippen LogP contribution >= 0.6 is 0 Å². The molecule has 10 nitrogen and oxygen atoms in total. The number of nitrogens with two attached hydrogens (primary N) is 1. The molecule has 2 aliphatic rings. The smallest absolute Gasteiger partial charge is 0.335 e. The fraction of sp³-hybridized carbons (Fsp3) is 0.458. The van der Waals surface area contributed by atoms with Crippen molar-refractivity contribution in [3.05, 3.63) is 53.2 Å². The molecule has 1 aromatic carbocycles. The van der Waals surface area contributed by atoms with Gasteiger partial charge < -0.3 is 30.1 Å². The maximum absolute atomic E-state index is 11.3. The second-order valence-electron chi connectivity index (χ2n) is 8.21. The van der Waals surface area contributed by atoms with Crippen molar-refractivity contribution in [2.75, 3.05) is 70.7 Å². The normalized spacial score (nSPS) is 17.5. The van der Waals surface area contributed by atoms with E-state index >= 15 is 0 Å². The molecule has 2 aromatic rings. The molecule has 4 rings (SSSR count). The SMILES string of the molecule is NN=C(Cc1cccc(C(=O)O)c1)c1cc(N2CCOCC2)cc(OCCN2CCOCC2)n1. The van der Waals surface area contributed by atoms with E-state index in [1.165, 1.54) is 0 Å². The number of aromatic carboxylic acids is 1. The van der Waals surface area contributed by atoms with Crippen LogP contribution in [0.3, 0.4) is 0 Å². The van der Waals surface area contributed by atoms with Crippen molar-refractivity contribution in [3.8, 4) is 5.88 Å². The van der Waals surface area contributed by atoms with Gasteiger partial charge in [0, 0.05) is 50.9 Å². The average Bonchev–Trinajstić information content (AvgIpc) is 2.88. The Hall–Kier alpha value is -3.21. The van der Waals surface area contributed by atoms with E-state index in [0.29, 0.717) is 43.5 Å². The summed E-state index contributed by atoms with van der Waals surface area (Å²) in [6.45, 7) is 7.44. The second kappa shape index (κ2) is 11.8. The monoisotopic (exact) mass is 469 g/mol. The van der Waals surface area contributed by atoms with Crippen LogP contribution in [0.25, 0.3) is 0 Å². The van der Waals surface area contributed by atoms with Crippen LogP contribution in [0.1, 0.15) is 21.6 Å². The van der Waals surface area contributed by atoms with E-state index in [1.54, 1.807) is 18.2 Å². The molecule has 0 aliphatic carbocycles. The maximum atomic E-state index is 11.3. The zero-order valence-electron chi connectivity index (χ0n) is 19.2. The summed E-state index contributed by atoms with van der Waals surface area (Å²) in [5, 5.41) is 13.3. The largest absolute Gasteiger partial charge is 0.478 e. The third-order valence-corrected chi connectivity index (χ3v) is 5.92. The highest BCUT2D eigenvalue weighted by molar-refractivity contribution is 6.01. The molecule has 34 heavy (non-hydrogen) atoms. The van der Waals surface area contributed by atoms with Gasteiger partial charge in [-0.1, -0.05) is 12.1 Å². The summed E-state index contributed by atoms with van der Waals surface area (Å²) in [5.41, 5.74) is 3.13. The molecule has 182 valence electrons. The predicted molar refractivity (Wildman–Crippen MR) is 128 cm³/mol. The van der Waals surface area contributed by atoms with Crippen LogP contribution < -0.4 is 15.5 Å². The summed E-state index contributed by atoms with van der Waals surface area (Å²) in [5.74, 6) is 5.30. The molecule has 0 radical (unpaired) electrons. The number of hydrazone groups is 1. The van der Waals surface area contributed by atoms with Crippen LogP contribution in [0.5, 0.6) is 5.88 Å². The quantitative estimate of drug-likeness (QED) is 0.317. The zero-order valence-corrected chi connectivity index (χ0v) is 19.2. The molecule has 0 atom stereocenters. The Morgan fingerprint density at radius 1 is 1.09 bits per heavy atom. The number of hydrogen-bond donors (Lipinski definition) is 2. The van der Waals surface area contributed by atoms with Crippen LogP contribution in [0, 0.1) is 0 Å². The molecule has 0 spiro atoms. The van der Waals surface area contributed by atoms with E-state index in [4.69, 9.17) is 20.1 Å². The van der Waals surface area contributed by atoms with Gasteiger partial charge in [0.1, 0.15) is 6.61 Å². The van der Waals surface area contributed by atoms with Crippen molar-refractivity contribution in [1.29, 1.82) is 0 Å². The summed E-state index contributed by atoms with van der Waals surface area (Å²) >= 11 is 0. The minimum Gasteiger partial charge on any atom is -0.478 e. The first-order valence-electron chi connectivity index (χ1n) is 11.5. The Labute approximate surface area is 198 Å². The van der Waals surface area contributed by atoms with E-state index in [9.17, 15) is 9.90 Å². The third kappa shape index (κ3) is 6.43. The molecular formula is C24H31N5O5. The molecule has 0 unspecified atom stereocenters. The summed E-state index contributed by atoms with van der Waals surface area (Å²) in [6, 6.07) is 10.6. The number of anilines is 1. The van der Waals surface area contributed by atoms with Crippen molar-refractivity contribution in [1.82, 2.24) is 9.88 Å². The maximum Gasteiger partial charge on any atom is 0.335 e. The molecule has 10 heteroatoms. The van der Waals surface area contributed by atoms with Crippen molar-refractivity contribution in [3.63, 3.8) is 0 Å². The zero-order chi connectivity index (χ0) is 23.8. The lowest BCUT2D eigenvalue weighted by molar-refractivity contribution is 0.0320. The number of nitrogens with zero attached hydrogens (tertiary/aromatic N) is 4. The van der Waals surface area contributed by atoms with Crippen molar-refractivity contribution in [2.45, 2.75) is 6.42 Å². The fourth-order valence-corrected chi connectivity index (χ4v) is 4.03. The van der Waals surface area contributed by atoms with Gasteiger partial charge in [0.25, 0.3) is 0 Å². The highest BCUT2D eigenvalue weighted by atomic mass is 16.5. The molecule has 0 bridgehead atoms. The van der Waals surface area contributed by atoms with Crippen molar-refractivity contribution in [2.24, 2.45) is 10.9 Å². The highest BCUT2D eigenvalue weighted by Crippen LogP contribution is 2.24. The first kappa shape index (κ1) is 23.9. The lowest BCUT2D eigenvalue weighted by Gasteiger charge is -2.29. The van der Waals surface area contributed by atoms with E-state index in [2.05, 4.69) is 19.9 Å². The summed E-state index contributed by atoms with van der Waals surface area (Å²) in [4.78, 5) is 20.6. The Morgan fingerprint density at radius 3 is 2.53 bits per heavy atom. The summed E-state index contributed by atoms with van der Waals surface area (Å²) in [6.07, 6.45) is 0.352. The number of hydrogen-bond acceptors (Lipinski definition) is 9. The standard InChI is InChI=1S/C24H31N5O5/c25-27-22(15-18-2-1-3-19(14-18)24(30)31)21-16-20(29-7-11-33-12-8-29)17-23(26-21)34-13-6-28-4-9-32-10-5-28/h1-3,14,16-17H,4-13,15,25H2,(H,30,31). The van der Waals surface area contributed by atoms with Gasteiger partial charge in [-0.3, -0.25) is 4.90 Å². The average molecular weight is 470 g/mol. The molecule has 2 saturated heterocycles. The van der Waals surface area contributed by atoms with Gasteiger partial charge in [-0.05, 0) is 23.8 Å². The van der Waals surface area contributed by atoms with Gasteiger partial charge in [-0.2, -0.15) is 5.10 Å². The van der Waals surface area contributed by atoms with Crippen LogP contribution in [0.15, 0.2) is 41.5 Å². The van der Waals surface area contributed by atoms with E-state index in [1.807, 2.05) is 18.2 Å². The predicted octanol–water partition coefficient (Wildman–Crippen LogP) is 1.23. The van der Waals surface area contributed by atoms with E-state index in [-0.39, 0.29) is 5.56 Å². The van der Waals surface area contributed by atoms with Crippen LogP contribution in [-0.2, 0) is 15.9 Å². The minimum absolute atomic E-state index is 0.219. The molecule has 3 N–H and O–H groups in total. The van der Waals surface area contributed by atoms with E-state index in [0.717, 1.165) is 57.2 Å². The number of morpholine rings is 2. The molecule has 3 heterocycles.